The van der Waals surface area contributed by atoms with Gasteiger partial charge in [-0.2, -0.15) is 5.10 Å². The van der Waals surface area contributed by atoms with Crippen molar-refractivity contribution >= 4 is 0 Å². The highest BCUT2D eigenvalue weighted by Gasteiger charge is 2.07. The van der Waals surface area contributed by atoms with Gasteiger partial charge in [-0.25, -0.2) is 9.67 Å². The Kier molecular flexibility index (Phi) is 5.56. The molecule has 0 saturated heterocycles. The van der Waals surface area contributed by atoms with Crippen LogP contribution in [0.3, 0.4) is 0 Å². The summed E-state index contributed by atoms with van der Waals surface area (Å²) in [6.07, 6.45) is 2.65. The molecule has 0 aliphatic heterocycles. The summed E-state index contributed by atoms with van der Waals surface area (Å²) >= 11 is 0. The van der Waals surface area contributed by atoms with E-state index in [1.54, 1.807) is 11.0 Å². The highest BCUT2D eigenvalue weighted by molar-refractivity contribution is 5.63. The van der Waals surface area contributed by atoms with Crippen molar-refractivity contribution in [3.8, 4) is 16.8 Å². The van der Waals surface area contributed by atoms with Crippen LogP contribution in [0.1, 0.15) is 17.2 Å². The van der Waals surface area contributed by atoms with Crippen LogP contribution < -0.4 is 5.32 Å². The van der Waals surface area contributed by atoms with Gasteiger partial charge in [0.2, 0.25) is 0 Å². The Labute approximate surface area is 164 Å². The number of aliphatic hydroxyl groups excluding tert-OH is 1. The smallest absolute Gasteiger partial charge is 0.138 e. The van der Waals surface area contributed by atoms with E-state index < -0.39 is 6.10 Å². The van der Waals surface area contributed by atoms with Gasteiger partial charge in [0.15, 0.2) is 0 Å². The van der Waals surface area contributed by atoms with Crippen molar-refractivity contribution in [3.05, 3.63) is 103 Å². The van der Waals surface area contributed by atoms with Crippen molar-refractivity contribution in [1.29, 1.82) is 0 Å². The van der Waals surface area contributed by atoms with Gasteiger partial charge in [0, 0.05) is 13.1 Å². The lowest BCUT2D eigenvalue weighted by molar-refractivity contribution is 0.174. The fraction of sp³-hybridized carbons (Fsp3) is 0.130. The van der Waals surface area contributed by atoms with Crippen molar-refractivity contribution in [1.82, 2.24) is 20.1 Å². The van der Waals surface area contributed by atoms with Crippen molar-refractivity contribution in [2.45, 2.75) is 12.6 Å². The molecule has 4 aromatic rings. The number of benzene rings is 3. The van der Waals surface area contributed by atoms with Crippen LogP contribution in [-0.4, -0.2) is 26.4 Å². The Bertz CT molecular complexity index is 981. The first kappa shape index (κ1) is 18.1. The summed E-state index contributed by atoms with van der Waals surface area (Å²) in [5.41, 5.74) is 5.36. The first-order valence-electron chi connectivity index (χ1n) is 9.28. The standard InChI is InChI=1S/C23H22N4O/c28-23(21-10-8-20(9-11-21)19-4-2-1-3-5-19)15-24-14-18-6-12-22(13-7-18)27-17-25-16-26-27/h1-13,16-17,23-24,28H,14-15H2. The van der Waals surface area contributed by atoms with E-state index in [2.05, 4.69) is 39.7 Å². The van der Waals surface area contributed by atoms with Crippen molar-refractivity contribution in [2.24, 2.45) is 0 Å². The van der Waals surface area contributed by atoms with Crippen molar-refractivity contribution in [2.75, 3.05) is 6.54 Å². The normalized spacial score (nSPS) is 12.0. The lowest BCUT2D eigenvalue weighted by Crippen LogP contribution is -2.21. The van der Waals surface area contributed by atoms with Crippen LogP contribution in [0.4, 0.5) is 0 Å². The molecule has 140 valence electrons. The van der Waals surface area contributed by atoms with Gasteiger partial charge in [0.25, 0.3) is 0 Å². The van der Waals surface area contributed by atoms with E-state index >= 15 is 0 Å². The number of hydrogen-bond acceptors (Lipinski definition) is 4. The predicted octanol–water partition coefficient (Wildman–Crippen LogP) is 3.76. The zero-order valence-electron chi connectivity index (χ0n) is 15.4. The molecule has 0 bridgehead atoms. The van der Waals surface area contributed by atoms with Crippen LogP contribution in [-0.2, 0) is 6.54 Å². The first-order chi connectivity index (χ1) is 13.8. The molecule has 0 aliphatic carbocycles. The Morgan fingerprint density at radius 3 is 2.25 bits per heavy atom. The average molecular weight is 370 g/mol. The summed E-state index contributed by atoms with van der Waals surface area (Å²) in [5.74, 6) is 0. The number of aliphatic hydroxyl groups is 1. The highest BCUT2D eigenvalue weighted by atomic mass is 16.3. The molecular formula is C23H22N4O. The number of rotatable bonds is 7. The van der Waals surface area contributed by atoms with E-state index in [1.807, 2.05) is 54.6 Å². The van der Waals surface area contributed by atoms with Crippen LogP contribution in [0.2, 0.25) is 0 Å². The zero-order valence-corrected chi connectivity index (χ0v) is 15.4. The molecule has 1 unspecified atom stereocenters. The zero-order chi connectivity index (χ0) is 19.2. The summed E-state index contributed by atoms with van der Waals surface area (Å²) < 4.78 is 1.72. The third kappa shape index (κ3) is 4.34. The molecule has 0 saturated carbocycles. The number of nitrogens with zero attached hydrogens (tertiary/aromatic N) is 3. The number of hydrogen-bond donors (Lipinski definition) is 2. The van der Waals surface area contributed by atoms with Gasteiger partial charge in [0.05, 0.1) is 11.8 Å². The minimum Gasteiger partial charge on any atom is -0.387 e. The van der Waals surface area contributed by atoms with Gasteiger partial charge in [-0.05, 0) is 34.4 Å². The third-order valence-corrected chi connectivity index (χ3v) is 4.69. The Morgan fingerprint density at radius 1 is 0.857 bits per heavy atom. The molecule has 1 heterocycles. The van der Waals surface area contributed by atoms with E-state index in [4.69, 9.17) is 0 Å². The minimum atomic E-state index is -0.542. The van der Waals surface area contributed by atoms with Gasteiger partial charge in [-0.3, -0.25) is 0 Å². The molecule has 0 amide bonds. The molecule has 5 nitrogen and oxygen atoms in total. The lowest BCUT2D eigenvalue weighted by Gasteiger charge is -2.13. The molecule has 1 aromatic heterocycles. The number of nitrogens with one attached hydrogen (secondary N) is 1. The fourth-order valence-electron chi connectivity index (χ4n) is 3.11. The average Bonchev–Trinajstić information content (AvgIpc) is 3.30. The molecule has 0 fully saturated rings. The van der Waals surface area contributed by atoms with Crippen LogP contribution in [0.15, 0.2) is 91.5 Å². The minimum absolute atomic E-state index is 0.496. The molecule has 0 radical (unpaired) electrons. The van der Waals surface area contributed by atoms with Gasteiger partial charge in [-0.15, -0.1) is 0 Å². The van der Waals surface area contributed by atoms with Crippen LogP contribution in [0, 0.1) is 0 Å². The van der Waals surface area contributed by atoms with E-state index in [9.17, 15) is 5.11 Å². The van der Waals surface area contributed by atoms with Gasteiger partial charge >= 0.3 is 0 Å². The lowest BCUT2D eigenvalue weighted by atomic mass is 10.0. The van der Waals surface area contributed by atoms with E-state index in [0.717, 1.165) is 22.4 Å². The molecular weight excluding hydrogens is 348 g/mol. The van der Waals surface area contributed by atoms with Gasteiger partial charge < -0.3 is 10.4 Å². The molecule has 3 aromatic carbocycles. The summed E-state index contributed by atoms with van der Waals surface area (Å²) in [7, 11) is 0. The second-order valence-corrected chi connectivity index (χ2v) is 6.64. The summed E-state index contributed by atoms with van der Waals surface area (Å²) in [6, 6.07) is 26.4. The molecule has 2 N–H and O–H groups in total. The first-order valence-corrected chi connectivity index (χ1v) is 9.28. The maximum atomic E-state index is 10.4. The second kappa shape index (κ2) is 8.61. The molecule has 4 rings (SSSR count). The van der Waals surface area contributed by atoms with Crippen molar-refractivity contribution in [3.63, 3.8) is 0 Å². The second-order valence-electron chi connectivity index (χ2n) is 6.64. The molecule has 5 heteroatoms. The SMILES string of the molecule is OC(CNCc1ccc(-n2cncn2)cc1)c1ccc(-c2ccccc2)cc1. The Balaban J connectivity index is 1.30. The van der Waals surface area contributed by atoms with Crippen molar-refractivity contribution < 1.29 is 5.11 Å². The van der Waals surface area contributed by atoms with Crippen LogP contribution >= 0.6 is 0 Å². The van der Waals surface area contributed by atoms with Crippen LogP contribution in [0.25, 0.3) is 16.8 Å². The summed E-state index contributed by atoms with van der Waals surface area (Å²) in [4.78, 5) is 3.95. The fourth-order valence-corrected chi connectivity index (χ4v) is 3.11. The topological polar surface area (TPSA) is 63.0 Å². The predicted molar refractivity (Wildman–Crippen MR) is 110 cm³/mol. The monoisotopic (exact) mass is 370 g/mol. The summed E-state index contributed by atoms with van der Waals surface area (Å²) in [5, 5.41) is 17.9. The van der Waals surface area contributed by atoms with Crippen LogP contribution in [0.5, 0.6) is 0 Å². The maximum absolute atomic E-state index is 10.4. The summed E-state index contributed by atoms with van der Waals surface area (Å²) in [6.45, 7) is 1.19. The molecule has 0 spiro atoms. The third-order valence-electron chi connectivity index (χ3n) is 4.69. The quantitative estimate of drug-likeness (QED) is 0.520. The van der Waals surface area contributed by atoms with E-state index in [0.29, 0.717) is 13.1 Å². The Morgan fingerprint density at radius 2 is 1.57 bits per heavy atom. The van der Waals surface area contributed by atoms with Gasteiger partial charge in [-0.1, -0.05) is 66.7 Å². The Hall–Kier alpha value is -3.28. The maximum Gasteiger partial charge on any atom is 0.138 e. The van der Waals surface area contributed by atoms with Gasteiger partial charge in [0.1, 0.15) is 12.7 Å². The largest absolute Gasteiger partial charge is 0.387 e. The molecule has 1 atom stereocenters. The highest BCUT2D eigenvalue weighted by Crippen LogP contribution is 2.21. The van der Waals surface area contributed by atoms with E-state index in [1.165, 1.54) is 11.9 Å². The number of aromatic nitrogens is 3. The molecule has 28 heavy (non-hydrogen) atoms. The van der Waals surface area contributed by atoms with E-state index in [-0.39, 0.29) is 0 Å². The molecule has 0 aliphatic rings.